The maximum Gasteiger partial charge on any atom is 0.513 e. The van der Waals surface area contributed by atoms with E-state index >= 15 is 0 Å². The Kier molecular flexibility index (Phi) is 2.97. The highest BCUT2D eigenvalue weighted by atomic mass is 16.7. The summed E-state index contributed by atoms with van der Waals surface area (Å²) in [5.74, 6) is -1.27. The third kappa shape index (κ3) is 2.50. The second-order valence-corrected chi connectivity index (χ2v) is 2.43. The fraction of sp³-hybridized carbons (Fsp3) is 0. The summed E-state index contributed by atoms with van der Waals surface area (Å²) in [5.41, 5.74) is -0.895. The molecule has 1 rings (SSSR count). The Morgan fingerprint density at radius 2 is 1.93 bits per heavy atom. The molecule has 0 aliphatic rings. The van der Waals surface area contributed by atoms with Crippen molar-refractivity contribution in [2.45, 2.75) is 0 Å². The van der Waals surface area contributed by atoms with Crippen LogP contribution in [0.5, 0.6) is 0 Å². The van der Waals surface area contributed by atoms with Crippen molar-refractivity contribution in [2.75, 3.05) is 0 Å². The molecule has 1 aromatic carbocycles. The van der Waals surface area contributed by atoms with Crippen LogP contribution < -0.4 is 0 Å². The molecule has 0 aliphatic heterocycles. The first-order valence-corrected chi connectivity index (χ1v) is 3.71. The number of carbonyl (C=O) groups excluding carboxylic acids is 1. The molecule has 0 saturated carbocycles. The molecule has 0 spiro atoms. The molecule has 78 valence electrons. The average molecular weight is 211 g/mol. The van der Waals surface area contributed by atoms with Crippen molar-refractivity contribution in [1.82, 2.24) is 0 Å². The van der Waals surface area contributed by atoms with E-state index in [-0.39, 0.29) is 0 Å². The van der Waals surface area contributed by atoms with Crippen LogP contribution >= 0.6 is 0 Å². The monoisotopic (exact) mass is 211 g/mol. The lowest BCUT2D eigenvalue weighted by atomic mass is 10.2. The summed E-state index contributed by atoms with van der Waals surface area (Å²) in [6, 6.07) is 4.92. The summed E-state index contributed by atoms with van der Waals surface area (Å²) in [6.07, 6.45) is -1.81. The second-order valence-electron chi connectivity index (χ2n) is 2.43. The van der Waals surface area contributed by atoms with E-state index in [1.165, 1.54) is 12.1 Å². The predicted octanol–water partition coefficient (Wildman–Crippen LogP) is 1.43. The number of carboxylic acid groups (broad SMARTS) is 1. The zero-order chi connectivity index (χ0) is 11.4. The number of para-hydroxylation sites is 1. The largest absolute Gasteiger partial charge is 0.513 e. The van der Waals surface area contributed by atoms with Crippen LogP contribution in [0.4, 0.5) is 10.5 Å². The van der Waals surface area contributed by atoms with Crippen LogP contribution in [-0.2, 0) is 4.74 Å². The lowest BCUT2D eigenvalue weighted by molar-refractivity contribution is -0.385. The van der Waals surface area contributed by atoms with E-state index in [9.17, 15) is 19.7 Å². The Morgan fingerprint density at radius 3 is 2.47 bits per heavy atom. The van der Waals surface area contributed by atoms with Gasteiger partial charge in [0.05, 0.1) is 4.92 Å². The Morgan fingerprint density at radius 1 is 1.33 bits per heavy atom. The highest BCUT2D eigenvalue weighted by Crippen LogP contribution is 2.18. The van der Waals surface area contributed by atoms with Crippen molar-refractivity contribution in [3.8, 4) is 0 Å². The smallest absolute Gasteiger partial charge is 0.449 e. The Labute approximate surface area is 83.0 Å². The first kappa shape index (κ1) is 10.6. The number of ether oxygens (including phenoxy) is 1. The van der Waals surface area contributed by atoms with Crippen molar-refractivity contribution in [2.24, 2.45) is 0 Å². The minimum absolute atomic E-state index is 0.398. The molecule has 0 fully saturated rings. The third-order valence-electron chi connectivity index (χ3n) is 1.50. The normalized spacial score (nSPS) is 9.33. The van der Waals surface area contributed by atoms with E-state index in [4.69, 9.17) is 5.11 Å². The third-order valence-corrected chi connectivity index (χ3v) is 1.50. The molecule has 0 bridgehead atoms. The maximum atomic E-state index is 11.1. The summed E-state index contributed by atoms with van der Waals surface area (Å²) in [5, 5.41) is 18.6. The molecule has 0 radical (unpaired) electrons. The summed E-state index contributed by atoms with van der Waals surface area (Å²) in [4.78, 5) is 30.8. The molecule has 1 aromatic rings. The number of hydrogen-bond acceptors (Lipinski definition) is 5. The SMILES string of the molecule is O=C(O)OC(=O)c1ccccc1[N+](=O)[O-]. The van der Waals surface area contributed by atoms with Gasteiger partial charge >= 0.3 is 12.1 Å². The molecule has 0 unspecified atom stereocenters. The number of benzene rings is 1. The standard InChI is InChI=1S/C8H5NO6/c10-7(15-8(11)12)5-3-1-2-4-6(5)9(13)14/h1-4H,(H,11,12). The Hall–Kier alpha value is -2.44. The molecule has 0 aromatic heterocycles. The van der Waals surface area contributed by atoms with Gasteiger partial charge < -0.3 is 9.84 Å². The van der Waals surface area contributed by atoms with Gasteiger partial charge in [-0.1, -0.05) is 12.1 Å². The summed E-state index contributed by atoms with van der Waals surface area (Å²) >= 11 is 0. The van der Waals surface area contributed by atoms with Crippen LogP contribution in [0.25, 0.3) is 0 Å². The molecule has 0 heterocycles. The van der Waals surface area contributed by atoms with Crippen molar-refractivity contribution in [1.29, 1.82) is 0 Å². The van der Waals surface area contributed by atoms with E-state index in [0.29, 0.717) is 0 Å². The first-order valence-electron chi connectivity index (χ1n) is 3.71. The lowest BCUT2D eigenvalue weighted by Crippen LogP contribution is -2.11. The number of nitro benzene ring substituents is 1. The molecule has 7 nitrogen and oxygen atoms in total. The fourth-order valence-corrected chi connectivity index (χ4v) is 0.940. The fourth-order valence-electron chi connectivity index (χ4n) is 0.940. The quantitative estimate of drug-likeness (QED) is 0.343. The number of hydrogen-bond donors (Lipinski definition) is 1. The number of esters is 1. The molecule has 7 heteroatoms. The van der Waals surface area contributed by atoms with Crippen LogP contribution in [0.15, 0.2) is 24.3 Å². The average Bonchev–Trinajstić information content (AvgIpc) is 2.16. The van der Waals surface area contributed by atoms with E-state index in [2.05, 4.69) is 4.74 Å². The lowest BCUT2D eigenvalue weighted by Gasteiger charge is -1.99. The molecular weight excluding hydrogens is 206 g/mol. The number of carbonyl (C=O) groups is 2. The van der Waals surface area contributed by atoms with E-state index < -0.39 is 28.3 Å². The minimum Gasteiger partial charge on any atom is -0.449 e. The molecule has 15 heavy (non-hydrogen) atoms. The first-order chi connectivity index (χ1) is 7.02. The zero-order valence-electron chi connectivity index (χ0n) is 7.25. The Bertz CT molecular complexity index is 427. The van der Waals surface area contributed by atoms with Gasteiger partial charge in [0.1, 0.15) is 5.56 Å². The second kappa shape index (κ2) is 4.18. The van der Waals surface area contributed by atoms with Crippen molar-refractivity contribution < 1.29 is 24.4 Å². The molecular formula is C8H5NO6. The maximum absolute atomic E-state index is 11.1. The van der Waals surface area contributed by atoms with Crippen molar-refractivity contribution in [3.63, 3.8) is 0 Å². The summed E-state index contributed by atoms with van der Waals surface area (Å²) in [6.45, 7) is 0. The molecule has 0 atom stereocenters. The van der Waals surface area contributed by atoms with Crippen LogP contribution in [-0.4, -0.2) is 22.2 Å². The van der Waals surface area contributed by atoms with Gasteiger partial charge in [-0.15, -0.1) is 0 Å². The van der Waals surface area contributed by atoms with Crippen LogP contribution in [0, 0.1) is 10.1 Å². The van der Waals surface area contributed by atoms with Gasteiger partial charge in [-0.05, 0) is 6.07 Å². The van der Waals surface area contributed by atoms with Crippen LogP contribution in [0.1, 0.15) is 10.4 Å². The number of nitrogens with zero attached hydrogens (tertiary/aromatic N) is 1. The predicted molar refractivity (Wildman–Crippen MR) is 46.5 cm³/mol. The topological polar surface area (TPSA) is 107 Å². The molecule has 1 N–H and O–H groups in total. The van der Waals surface area contributed by atoms with Crippen molar-refractivity contribution in [3.05, 3.63) is 39.9 Å². The van der Waals surface area contributed by atoms with Crippen molar-refractivity contribution >= 4 is 17.8 Å². The van der Waals surface area contributed by atoms with Gasteiger partial charge in [0.15, 0.2) is 0 Å². The highest BCUT2D eigenvalue weighted by molar-refractivity contribution is 5.98. The van der Waals surface area contributed by atoms with Gasteiger partial charge in [-0.2, -0.15) is 0 Å². The summed E-state index contributed by atoms with van der Waals surface area (Å²) < 4.78 is 3.80. The minimum atomic E-state index is -1.81. The van der Waals surface area contributed by atoms with Gasteiger partial charge in [-0.25, -0.2) is 9.59 Å². The Balaban J connectivity index is 3.08. The molecule has 0 amide bonds. The van der Waals surface area contributed by atoms with Crippen LogP contribution in [0.3, 0.4) is 0 Å². The summed E-state index contributed by atoms with van der Waals surface area (Å²) in [7, 11) is 0. The van der Waals surface area contributed by atoms with Gasteiger partial charge in [0, 0.05) is 6.07 Å². The van der Waals surface area contributed by atoms with E-state index in [0.717, 1.165) is 12.1 Å². The van der Waals surface area contributed by atoms with E-state index in [1.54, 1.807) is 0 Å². The molecule has 0 saturated heterocycles. The van der Waals surface area contributed by atoms with Crippen LogP contribution in [0.2, 0.25) is 0 Å². The van der Waals surface area contributed by atoms with Gasteiger partial charge in [0.25, 0.3) is 5.69 Å². The number of nitro groups is 1. The number of rotatable bonds is 2. The van der Waals surface area contributed by atoms with Gasteiger partial charge in [-0.3, -0.25) is 10.1 Å². The highest BCUT2D eigenvalue weighted by Gasteiger charge is 2.22. The molecule has 0 aliphatic carbocycles. The van der Waals surface area contributed by atoms with Gasteiger partial charge in [0.2, 0.25) is 0 Å². The van der Waals surface area contributed by atoms with E-state index in [1.807, 2.05) is 0 Å². The zero-order valence-corrected chi connectivity index (χ0v) is 7.25.